The highest BCUT2D eigenvalue weighted by molar-refractivity contribution is 5.64. The van der Waals surface area contributed by atoms with Gasteiger partial charge in [-0.3, -0.25) is 0 Å². The second kappa shape index (κ2) is 9.98. The standard InChI is InChI=1S/C18H29NO4/c1-5-6-7-8-9-14-11-17(23-4)15(12-16(14)22-3)10-13(2)19-18(20)21/h11-13,19H,5-10H2,1-4H3,(H,20,21). The van der Waals surface area contributed by atoms with Crippen molar-refractivity contribution in [3.05, 3.63) is 23.3 Å². The first kappa shape index (κ1) is 19.1. The Morgan fingerprint density at radius 3 is 2.30 bits per heavy atom. The molecule has 130 valence electrons. The Balaban J connectivity index is 2.89. The molecule has 1 atom stereocenters. The van der Waals surface area contributed by atoms with Gasteiger partial charge in [0.2, 0.25) is 0 Å². The average molecular weight is 323 g/mol. The van der Waals surface area contributed by atoms with Gasteiger partial charge in [-0.25, -0.2) is 4.79 Å². The van der Waals surface area contributed by atoms with Crippen LogP contribution in [0.4, 0.5) is 4.79 Å². The lowest BCUT2D eigenvalue weighted by atomic mass is 9.99. The molecular formula is C18H29NO4. The third kappa shape index (κ3) is 6.38. The minimum atomic E-state index is -1.02. The minimum absolute atomic E-state index is 0.193. The molecule has 0 saturated carbocycles. The van der Waals surface area contributed by atoms with Crippen molar-refractivity contribution in [2.24, 2.45) is 0 Å². The number of unbranched alkanes of at least 4 members (excludes halogenated alkanes) is 3. The SMILES string of the molecule is CCCCCCc1cc(OC)c(CC(C)NC(=O)O)cc1OC. The Labute approximate surface area is 139 Å². The molecule has 5 nitrogen and oxygen atoms in total. The van der Waals surface area contributed by atoms with E-state index in [1.807, 2.05) is 19.1 Å². The van der Waals surface area contributed by atoms with Gasteiger partial charge < -0.3 is 19.9 Å². The fraction of sp³-hybridized carbons (Fsp3) is 0.611. The maximum absolute atomic E-state index is 10.7. The van der Waals surface area contributed by atoms with Crippen LogP contribution in [0.1, 0.15) is 50.7 Å². The Kier molecular flexibility index (Phi) is 8.30. The average Bonchev–Trinajstić information content (AvgIpc) is 2.51. The van der Waals surface area contributed by atoms with Gasteiger partial charge in [0, 0.05) is 6.04 Å². The second-order valence-electron chi connectivity index (χ2n) is 5.84. The lowest BCUT2D eigenvalue weighted by Gasteiger charge is -2.17. The Morgan fingerprint density at radius 1 is 1.13 bits per heavy atom. The molecule has 2 N–H and O–H groups in total. The number of hydrogen-bond acceptors (Lipinski definition) is 3. The molecule has 0 saturated heterocycles. The van der Waals surface area contributed by atoms with E-state index in [-0.39, 0.29) is 6.04 Å². The number of rotatable bonds is 10. The van der Waals surface area contributed by atoms with Crippen LogP contribution in [0.5, 0.6) is 11.5 Å². The highest BCUT2D eigenvalue weighted by atomic mass is 16.5. The summed E-state index contributed by atoms with van der Waals surface area (Å²) in [6, 6.07) is 3.79. The number of nitrogens with one attached hydrogen (secondary N) is 1. The number of methoxy groups -OCH3 is 2. The van der Waals surface area contributed by atoms with E-state index in [0.29, 0.717) is 6.42 Å². The lowest BCUT2D eigenvalue weighted by molar-refractivity contribution is 0.190. The highest BCUT2D eigenvalue weighted by Crippen LogP contribution is 2.31. The molecule has 0 spiro atoms. The molecule has 1 unspecified atom stereocenters. The first-order valence-electron chi connectivity index (χ1n) is 8.25. The normalized spacial score (nSPS) is 11.8. The summed E-state index contributed by atoms with van der Waals surface area (Å²) < 4.78 is 11.0. The van der Waals surface area contributed by atoms with E-state index in [2.05, 4.69) is 12.2 Å². The first-order chi connectivity index (χ1) is 11.0. The molecule has 1 amide bonds. The van der Waals surface area contributed by atoms with E-state index >= 15 is 0 Å². The number of benzene rings is 1. The Hall–Kier alpha value is -1.91. The predicted octanol–water partition coefficient (Wildman–Crippen LogP) is 4.03. The monoisotopic (exact) mass is 323 g/mol. The Bertz CT molecular complexity index is 502. The van der Waals surface area contributed by atoms with Crippen molar-refractivity contribution in [1.82, 2.24) is 5.32 Å². The van der Waals surface area contributed by atoms with Gasteiger partial charge in [-0.15, -0.1) is 0 Å². The largest absolute Gasteiger partial charge is 0.496 e. The summed E-state index contributed by atoms with van der Waals surface area (Å²) in [5.41, 5.74) is 2.09. The first-order valence-corrected chi connectivity index (χ1v) is 8.25. The molecule has 1 aromatic carbocycles. The number of ether oxygens (including phenoxy) is 2. The second-order valence-corrected chi connectivity index (χ2v) is 5.84. The van der Waals surface area contributed by atoms with E-state index in [9.17, 15) is 4.79 Å². The van der Waals surface area contributed by atoms with E-state index < -0.39 is 6.09 Å². The van der Waals surface area contributed by atoms with Crippen molar-refractivity contribution in [3.8, 4) is 11.5 Å². The third-order valence-corrected chi connectivity index (χ3v) is 3.88. The summed E-state index contributed by atoms with van der Waals surface area (Å²) in [5, 5.41) is 11.3. The summed E-state index contributed by atoms with van der Waals surface area (Å²) in [5.74, 6) is 1.63. The van der Waals surface area contributed by atoms with Crippen molar-refractivity contribution in [3.63, 3.8) is 0 Å². The Morgan fingerprint density at radius 2 is 1.74 bits per heavy atom. The molecule has 1 rings (SSSR count). The minimum Gasteiger partial charge on any atom is -0.496 e. The number of carbonyl (C=O) groups is 1. The molecule has 0 aromatic heterocycles. The van der Waals surface area contributed by atoms with Gasteiger partial charge in [0.25, 0.3) is 0 Å². The zero-order valence-electron chi connectivity index (χ0n) is 14.6. The van der Waals surface area contributed by atoms with Crippen LogP contribution in [0.3, 0.4) is 0 Å². The molecule has 0 heterocycles. The maximum Gasteiger partial charge on any atom is 0.404 e. The van der Waals surface area contributed by atoms with E-state index in [1.165, 1.54) is 19.3 Å². The fourth-order valence-corrected chi connectivity index (χ4v) is 2.71. The summed E-state index contributed by atoms with van der Waals surface area (Å²) >= 11 is 0. The van der Waals surface area contributed by atoms with E-state index in [1.54, 1.807) is 14.2 Å². The maximum atomic E-state index is 10.7. The third-order valence-electron chi connectivity index (χ3n) is 3.88. The molecule has 0 radical (unpaired) electrons. The van der Waals surface area contributed by atoms with Gasteiger partial charge in [0.15, 0.2) is 0 Å². The van der Waals surface area contributed by atoms with Crippen LogP contribution in [-0.4, -0.2) is 31.5 Å². The van der Waals surface area contributed by atoms with Crippen LogP contribution >= 0.6 is 0 Å². The smallest absolute Gasteiger partial charge is 0.404 e. The molecule has 0 aliphatic heterocycles. The quantitative estimate of drug-likeness (QED) is 0.638. The molecule has 0 aliphatic rings. The number of hydrogen-bond donors (Lipinski definition) is 2. The van der Waals surface area contributed by atoms with Gasteiger partial charge in [0.1, 0.15) is 11.5 Å². The topological polar surface area (TPSA) is 67.8 Å². The van der Waals surface area contributed by atoms with Gasteiger partial charge in [-0.05, 0) is 49.4 Å². The molecule has 1 aromatic rings. The highest BCUT2D eigenvalue weighted by Gasteiger charge is 2.14. The van der Waals surface area contributed by atoms with Crippen molar-refractivity contribution >= 4 is 6.09 Å². The molecule has 23 heavy (non-hydrogen) atoms. The van der Waals surface area contributed by atoms with Crippen molar-refractivity contribution in [2.45, 2.75) is 58.4 Å². The van der Waals surface area contributed by atoms with Gasteiger partial charge in [-0.1, -0.05) is 26.2 Å². The van der Waals surface area contributed by atoms with Crippen LogP contribution in [0.25, 0.3) is 0 Å². The van der Waals surface area contributed by atoms with Crippen molar-refractivity contribution in [2.75, 3.05) is 14.2 Å². The fourth-order valence-electron chi connectivity index (χ4n) is 2.71. The van der Waals surface area contributed by atoms with E-state index in [0.717, 1.165) is 35.5 Å². The van der Waals surface area contributed by atoms with Crippen LogP contribution < -0.4 is 14.8 Å². The zero-order valence-corrected chi connectivity index (χ0v) is 14.6. The molecule has 0 fully saturated rings. The van der Waals surface area contributed by atoms with Crippen LogP contribution in [0, 0.1) is 0 Å². The van der Waals surface area contributed by atoms with Gasteiger partial charge in [0.05, 0.1) is 14.2 Å². The number of aryl methyl sites for hydroxylation is 1. The molecule has 0 aliphatic carbocycles. The van der Waals surface area contributed by atoms with Gasteiger partial charge in [-0.2, -0.15) is 0 Å². The van der Waals surface area contributed by atoms with Crippen LogP contribution in [0.15, 0.2) is 12.1 Å². The molecule has 5 heteroatoms. The number of carboxylic acid groups (broad SMARTS) is 1. The summed E-state index contributed by atoms with van der Waals surface area (Å²) in [4.78, 5) is 10.7. The van der Waals surface area contributed by atoms with Crippen LogP contribution in [0.2, 0.25) is 0 Å². The molecular weight excluding hydrogens is 294 g/mol. The van der Waals surface area contributed by atoms with Crippen molar-refractivity contribution in [1.29, 1.82) is 0 Å². The summed E-state index contributed by atoms with van der Waals surface area (Å²) in [6.07, 6.45) is 5.30. The number of amides is 1. The predicted molar refractivity (Wildman–Crippen MR) is 91.7 cm³/mol. The lowest BCUT2D eigenvalue weighted by Crippen LogP contribution is -2.32. The van der Waals surface area contributed by atoms with Gasteiger partial charge >= 0.3 is 6.09 Å². The molecule has 0 bridgehead atoms. The zero-order chi connectivity index (χ0) is 17.2. The summed E-state index contributed by atoms with van der Waals surface area (Å²) in [7, 11) is 3.31. The van der Waals surface area contributed by atoms with E-state index in [4.69, 9.17) is 14.6 Å². The van der Waals surface area contributed by atoms with Crippen molar-refractivity contribution < 1.29 is 19.4 Å². The van der Waals surface area contributed by atoms with Crippen LogP contribution in [-0.2, 0) is 12.8 Å². The summed E-state index contributed by atoms with van der Waals surface area (Å²) in [6.45, 7) is 4.03.